The first-order chi connectivity index (χ1) is 6.76. The number of hydrogen-bond donors (Lipinski definition) is 0. The minimum Gasteiger partial charge on any atom is -0.398 e. The second-order valence-corrected chi connectivity index (χ2v) is 9.05. The topological polar surface area (TPSA) is 18.5 Å². The van der Waals surface area contributed by atoms with Gasteiger partial charge in [-0.3, -0.25) is 0 Å². The summed E-state index contributed by atoms with van der Waals surface area (Å²) >= 11 is 0. The van der Waals surface area contributed by atoms with Crippen LogP contribution in [0.25, 0.3) is 0 Å². The van der Waals surface area contributed by atoms with Gasteiger partial charge in [0.2, 0.25) is 0 Å². The third kappa shape index (κ3) is 8.00. The van der Waals surface area contributed by atoms with Crippen molar-refractivity contribution in [3.05, 3.63) is 0 Å². The molecule has 0 heterocycles. The van der Waals surface area contributed by atoms with Crippen LogP contribution >= 0.6 is 0 Å². The fraction of sp³-hybridized carbons (Fsp3) is 1.00. The summed E-state index contributed by atoms with van der Waals surface area (Å²) in [6.07, 6.45) is 2.64. The normalized spacial score (nSPS) is 13.2. The molecule has 0 saturated heterocycles. The van der Waals surface area contributed by atoms with E-state index in [1.807, 2.05) is 0 Å². The summed E-state index contributed by atoms with van der Waals surface area (Å²) in [5, 5.41) is 0. The van der Waals surface area contributed by atoms with Gasteiger partial charge in [0, 0.05) is 13.2 Å². The van der Waals surface area contributed by atoms with Crippen LogP contribution in [0.4, 0.5) is 0 Å². The molecule has 0 aliphatic rings. The van der Waals surface area contributed by atoms with E-state index in [1.165, 1.54) is 0 Å². The van der Waals surface area contributed by atoms with Crippen molar-refractivity contribution >= 4 is 8.56 Å². The van der Waals surface area contributed by atoms with Gasteiger partial charge in [-0.15, -0.1) is 0 Å². The molecule has 0 aromatic carbocycles. The van der Waals surface area contributed by atoms with Crippen LogP contribution in [0.5, 0.6) is 0 Å². The Morgan fingerprint density at radius 3 is 1.60 bits per heavy atom. The molecule has 3 heteroatoms. The van der Waals surface area contributed by atoms with Crippen LogP contribution in [0.2, 0.25) is 13.1 Å². The van der Waals surface area contributed by atoms with Crippen LogP contribution in [0.1, 0.15) is 40.5 Å². The molecule has 0 rings (SSSR count). The maximum Gasteiger partial charge on any atom is 0.331 e. The van der Waals surface area contributed by atoms with Crippen LogP contribution < -0.4 is 0 Å². The lowest BCUT2D eigenvalue weighted by molar-refractivity contribution is 0.102. The number of rotatable bonds is 7. The highest BCUT2D eigenvalue weighted by atomic mass is 28.4. The summed E-state index contributed by atoms with van der Waals surface area (Å²) in [7, 11) is -0.116. The van der Waals surface area contributed by atoms with Gasteiger partial charge in [0.1, 0.15) is 0 Å². The van der Waals surface area contributed by atoms with Gasteiger partial charge in [0.15, 0.2) is 0 Å². The molecule has 15 heavy (non-hydrogen) atoms. The molecule has 0 unspecified atom stereocenters. The molecular formula is C12H28O2Si. The van der Waals surface area contributed by atoms with Gasteiger partial charge in [-0.25, -0.2) is 0 Å². The smallest absolute Gasteiger partial charge is 0.331 e. The summed E-state index contributed by atoms with van der Waals surface area (Å²) in [6, 6.07) is 0. The lowest BCUT2D eigenvalue weighted by Gasteiger charge is -2.29. The van der Waals surface area contributed by atoms with E-state index in [9.17, 15) is 0 Å². The third-order valence-corrected chi connectivity index (χ3v) is 4.29. The van der Waals surface area contributed by atoms with Gasteiger partial charge in [-0.2, -0.15) is 0 Å². The van der Waals surface area contributed by atoms with E-state index in [4.69, 9.17) is 8.85 Å². The van der Waals surface area contributed by atoms with Crippen molar-refractivity contribution in [1.29, 1.82) is 0 Å². The average Bonchev–Trinajstić information content (AvgIpc) is 2.00. The maximum atomic E-state index is 6.13. The fourth-order valence-electron chi connectivity index (χ4n) is 1.69. The van der Waals surface area contributed by atoms with Crippen molar-refractivity contribution < 1.29 is 8.85 Å². The second-order valence-electron chi connectivity index (χ2n) is 5.60. The highest BCUT2D eigenvalue weighted by Gasteiger charge is 2.28. The van der Waals surface area contributed by atoms with Crippen LogP contribution in [-0.2, 0) is 8.85 Å². The summed E-state index contributed by atoms with van der Waals surface area (Å²) in [6.45, 7) is 13.2. The van der Waals surface area contributed by atoms with Gasteiger partial charge in [0.25, 0.3) is 0 Å². The molecule has 0 atom stereocenters. The fourth-order valence-corrected chi connectivity index (χ4v) is 2.78. The predicted molar refractivity (Wildman–Crippen MR) is 68.3 cm³/mol. The van der Waals surface area contributed by atoms with Crippen LogP contribution in [0.3, 0.4) is 0 Å². The highest BCUT2D eigenvalue weighted by Crippen LogP contribution is 2.20. The van der Waals surface area contributed by atoms with Crippen molar-refractivity contribution in [2.45, 2.75) is 59.7 Å². The Kier molecular flexibility index (Phi) is 6.72. The zero-order valence-corrected chi connectivity index (χ0v) is 12.5. The van der Waals surface area contributed by atoms with E-state index in [-0.39, 0.29) is 0 Å². The summed E-state index contributed by atoms with van der Waals surface area (Å²) in [5.41, 5.74) is 0. The van der Waals surface area contributed by atoms with Gasteiger partial charge < -0.3 is 8.85 Å². The van der Waals surface area contributed by atoms with E-state index in [1.54, 1.807) is 7.11 Å². The third-order valence-electron chi connectivity index (χ3n) is 2.41. The SMILES string of the molecule is CO[Si](C)(C)OC(CC(C)C)CC(C)C. The molecule has 0 aliphatic carbocycles. The van der Waals surface area contributed by atoms with Crippen LogP contribution in [0.15, 0.2) is 0 Å². The minimum absolute atomic E-state index is 0.367. The van der Waals surface area contributed by atoms with Crippen molar-refractivity contribution in [2.24, 2.45) is 11.8 Å². The molecule has 0 amide bonds. The predicted octanol–water partition coefficient (Wildman–Crippen LogP) is 3.81. The van der Waals surface area contributed by atoms with Crippen molar-refractivity contribution in [1.82, 2.24) is 0 Å². The first kappa shape index (κ1) is 15.1. The lowest BCUT2D eigenvalue weighted by Crippen LogP contribution is -2.38. The van der Waals surface area contributed by atoms with Gasteiger partial charge in [0.05, 0.1) is 0 Å². The van der Waals surface area contributed by atoms with Gasteiger partial charge >= 0.3 is 8.56 Å². The monoisotopic (exact) mass is 232 g/mol. The quantitative estimate of drug-likeness (QED) is 0.621. The Balaban J connectivity index is 4.23. The van der Waals surface area contributed by atoms with Crippen LogP contribution in [0, 0.1) is 11.8 Å². The van der Waals surface area contributed by atoms with Crippen molar-refractivity contribution in [2.75, 3.05) is 7.11 Å². The maximum absolute atomic E-state index is 6.13. The molecule has 0 spiro atoms. The Bertz CT molecular complexity index is 157. The molecule has 0 aliphatic heterocycles. The van der Waals surface area contributed by atoms with Crippen molar-refractivity contribution in [3.8, 4) is 0 Å². The van der Waals surface area contributed by atoms with Crippen LogP contribution in [-0.4, -0.2) is 21.8 Å². The standard InChI is InChI=1S/C12H28O2Si/c1-10(2)8-12(9-11(3)4)14-15(6,7)13-5/h10-12H,8-9H2,1-7H3. The molecular weight excluding hydrogens is 204 g/mol. The Labute approximate surface area is 96.6 Å². The summed E-state index contributed by atoms with van der Waals surface area (Å²) < 4.78 is 11.6. The van der Waals surface area contributed by atoms with E-state index in [0.717, 1.165) is 12.8 Å². The molecule has 0 radical (unpaired) electrons. The van der Waals surface area contributed by atoms with E-state index < -0.39 is 8.56 Å². The Morgan fingerprint density at radius 2 is 1.33 bits per heavy atom. The number of hydrogen-bond acceptors (Lipinski definition) is 2. The molecule has 2 nitrogen and oxygen atoms in total. The van der Waals surface area contributed by atoms with Crippen molar-refractivity contribution in [3.63, 3.8) is 0 Å². The zero-order chi connectivity index (χ0) is 12.1. The first-order valence-corrected chi connectivity index (χ1v) is 8.81. The summed E-state index contributed by atoms with van der Waals surface area (Å²) in [5.74, 6) is 1.38. The van der Waals surface area contributed by atoms with E-state index >= 15 is 0 Å². The molecule has 92 valence electrons. The van der Waals surface area contributed by atoms with E-state index in [2.05, 4.69) is 40.8 Å². The molecule has 0 saturated carbocycles. The summed E-state index contributed by atoms with van der Waals surface area (Å²) in [4.78, 5) is 0. The Morgan fingerprint density at radius 1 is 0.933 bits per heavy atom. The zero-order valence-electron chi connectivity index (χ0n) is 11.5. The second kappa shape index (κ2) is 6.66. The molecule has 0 bridgehead atoms. The largest absolute Gasteiger partial charge is 0.398 e. The van der Waals surface area contributed by atoms with Gasteiger partial charge in [-0.05, 0) is 37.8 Å². The first-order valence-electron chi connectivity index (χ1n) is 5.99. The molecule has 0 aromatic heterocycles. The molecule has 0 N–H and O–H groups in total. The average molecular weight is 232 g/mol. The Hall–Kier alpha value is 0.137. The van der Waals surface area contributed by atoms with E-state index in [0.29, 0.717) is 17.9 Å². The minimum atomic E-state index is -1.87. The lowest BCUT2D eigenvalue weighted by atomic mass is 9.98. The highest BCUT2D eigenvalue weighted by molar-refractivity contribution is 6.64. The molecule has 0 fully saturated rings. The van der Waals surface area contributed by atoms with Gasteiger partial charge in [-0.1, -0.05) is 27.7 Å². The molecule has 0 aromatic rings.